The van der Waals surface area contributed by atoms with Crippen LogP contribution >= 0.6 is 23.6 Å². The predicted octanol–water partition coefficient (Wildman–Crippen LogP) is 7.25. The molecule has 0 aromatic heterocycles. The molecule has 7 nitrogen and oxygen atoms in total. The maximum Gasteiger partial charge on any atom is 0.225 e. The van der Waals surface area contributed by atoms with E-state index >= 15 is 4.39 Å². The summed E-state index contributed by atoms with van der Waals surface area (Å²) >= 11 is 7.07. The van der Waals surface area contributed by atoms with Crippen LogP contribution in [-0.2, 0) is 9.53 Å². The first-order valence-corrected chi connectivity index (χ1v) is 17.6. The van der Waals surface area contributed by atoms with Crippen LogP contribution in [0.3, 0.4) is 0 Å². The highest BCUT2D eigenvalue weighted by atomic mass is 35.5. The molecule has 3 rings (SSSR count). The number of amides is 1. The van der Waals surface area contributed by atoms with Gasteiger partial charge in [-0.3, -0.25) is 4.79 Å². The lowest BCUT2D eigenvalue weighted by atomic mass is 9.86. The Balaban J connectivity index is 1.59. The fraction of sp³-hybridized carbons (Fsp3) is 0.571. The molecule has 1 aromatic rings. The molecule has 1 aliphatic carbocycles. The second-order valence-electron chi connectivity index (χ2n) is 12.2. The van der Waals surface area contributed by atoms with Gasteiger partial charge in [0.2, 0.25) is 5.91 Å². The van der Waals surface area contributed by atoms with Crippen molar-refractivity contribution >= 4 is 29.6 Å². The summed E-state index contributed by atoms with van der Waals surface area (Å²) in [7, 11) is 0. The van der Waals surface area contributed by atoms with Crippen LogP contribution in [0.4, 0.5) is 4.39 Å². The Morgan fingerprint density at radius 2 is 1.91 bits per heavy atom. The van der Waals surface area contributed by atoms with Crippen molar-refractivity contribution < 1.29 is 18.5 Å². The summed E-state index contributed by atoms with van der Waals surface area (Å²) in [6.45, 7) is 10.5. The molecule has 1 aromatic carbocycles. The van der Waals surface area contributed by atoms with Crippen LogP contribution in [0.25, 0.3) is 0 Å². The van der Waals surface area contributed by atoms with Crippen molar-refractivity contribution in [1.29, 1.82) is 0 Å². The molecule has 0 fully saturated rings. The van der Waals surface area contributed by atoms with E-state index in [1.54, 1.807) is 12.2 Å². The third-order valence-corrected chi connectivity index (χ3v) is 8.93. The fourth-order valence-corrected chi connectivity index (χ4v) is 6.25. The molecule has 1 amide bonds. The number of ether oxygens (including phenoxy) is 1. The minimum Gasteiger partial charge on any atom is -0.476 e. The third kappa shape index (κ3) is 13.1. The molecule has 0 bridgehead atoms. The standard InChI is InChI=1S/C35H52ClFN4O3S/c1-5-38-29(8-7-21-45-43)19-20-39-25(4)11-17-30-32(37)9-6-10-33(30)41-34(42)22-31(26-12-15-28(36)16-13-26)27-14-18-35(40-23-27)44-24(2)3/h6,9-10,12-16,18,24-25,29-32,38-40,43H,5,7-8,11,17,19-23H2,1-4H3,(H,41,42). The van der Waals surface area contributed by atoms with Crippen molar-refractivity contribution in [3.63, 3.8) is 0 Å². The van der Waals surface area contributed by atoms with Gasteiger partial charge in [0.25, 0.3) is 0 Å². The first kappa shape index (κ1) is 37.2. The minimum atomic E-state index is -1.15. The lowest BCUT2D eigenvalue weighted by Gasteiger charge is -2.28. The summed E-state index contributed by atoms with van der Waals surface area (Å²) in [6, 6.07) is 8.22. The largest absolute Gasteiger partial charge is 0.476 e. The van der Waals surface area contributed by atoms with Crippen molar-refractivity contribution in [3.05, 3.63) is 82.4 Å². The average molecular weight is 663 g/mol. The molecule has 10 heteroatoms. The number of halogens is 2. The monoisotopic (exact) mass is 662 g/mol. The molecule has 0 saturated heterocycles. The van der Waals surface area contributed by atoms with Crippen molar-refractivity contribution in [2.24, 2.45) is 5.92 Å². The maximum absolute atomic E-state index is 15.2. The van der Waals surface area contributed by atoms with E-state index in [1.165, 1.54) is 0 Å². The maximum atomic E-state index is 15.2. The second-order valence-corrected chi connectivity index (χ2v) is 13.3. The molecule has 1 aliphatic heterocycles. The number of hydrogen-bond acceptors (Lipinski definition) is 7. The molecular weight excluding hydrogens is 611 g/mol. The number of benzene rings is 1. The molecule has 0 spiro atoms. The number of nitrogens with one attached hydrogen (secondary N) is 4. The highest BCUT2D eigenvalue weighted by molar-refractivity contribution is 7.93. The molecule has 2 aliphatic rings. The zero-order chi connectivity index (χ0) is 32.6. The van der Waals surface area contributed by atoms with Crippen molar-refractivity contribution in [2.45, 2.75) is 96.5 Å². The van der Waals surface area contributed by atoms with E-state index in [-0.39, 0.29) is 30.4 Å². The Morgan fingerprint density at radius 1 is 1.13 bits per heavy atom. The molecule has 1 heterocycles. The Hall–Kier alpha value is -2.30. The fourth-order valence-electron chi connectivity index (χ4n) is 5.83. The number of dihydropyridines is 1. The Kier molecular flexibility index (Phi) is 16.6. The summed E-state index contributed by atoms with van der Waals surface area (Å²) in [4.78, 5) is 13.5. The van der Waals surface area contributed by atoms with Gasteiger partial charge in [-0.1, -0.05) is 42.8 Å². The Morgan fingerprint density at radius 3 is 2.58 bits per heavy atom. The normalized spacial score (nSPS) is 20.0. The number of rotatable bonds is 20. The molecule has 250 valence electrons. The number of hydrogen-bond donors (Lipinski definition) is 5. The van der Waals surface area contributed by atoms with E-state index in [1.807, 2.05) is 56.3 Å². The SMILES string of the molecule is CCNC(CCCSO)CCNC(C)CCC1C(NC(=O)CC(C2=CC=C(OC(C)C)NC2)c2ccc(Cl)cc2)=CC=CC1F. The predicted molar refractivity (Wildman–Crippen MR) is 186 cm³/mol. The van der Waals surface area contributed by atoms with Gasteiger partial charge in [-0.15, -0.1) is 0 Å². The van der Waals surface area contributed by atoms with Gasteiger partial charge in [0.1, 0.15) is 6.17 Å². The van der Waals surface area contributed by atoms with Crippen LogP contribution in [0.15, 0.2) is 71.8 Å². The summed E-state index contributed by atoms with van der Waals surface area (Å²) < 4.78 is 30.0. The molecule has 45 heavy (non-hydrogen) atoms. The topological polar surface area (TPSA) is 94.7 Å². The van der Waals surface area contributed by atoms with Gasteiger partial charge in [0.05, 0.1) is 6.10 Å². The van der Waals surface area contributed by atoms with Crippen molar-refractivity contribution in [3.8, 4) is 0 Å². The van der Waals surface area contributed by atoms with Crippen molar-refractivity contribution in [2.75, 3.05) is 25.4 Å². The highest BCUT2D eigenvalue weighted by Gasteiger charge is 2.29. The zero-order valence-corrected chi connectivity index (χ0v) is 28.7. The summed E-state index contributed by atoms with van der Waals surface area (Å²) in [6.07, 6.45) is 12.6. The van der Waals surface area contributed by atoms with Crippen LogP contribution in [0, 0.1) is 5.92 Å². The first-order chi connectivity index (χ1) is 21.7. The van der Waals surface area contributed by atoms with Gasteiger partial charge < -0.3 is 30.6 Å². The van der Waals surface area contributed by atoms with Gasteiger partial charge in [-0.05, 0) is 120 Å². The minimum absolute atomic E-state index is 0.0583. The lowest BCUT2D eigenvalue weighted by molar-refractivity contribution is -0.120. The smallest absolute Gasteiger partial charge is 0.225 e. The summed E-state index contributed by atoms with van der Waals surface area (Å²) in [5.74, 6) is 0.729. The molecule has 5 atom stereocenters. The highest BCUT2D eigenvalue weighted by Crippen LogP contribution is 2.32. The number of allylic oxidation sites excluding steroid dienone is 6. The van der Waals surface area contributed by atoms with Gasteiger partial charge >= 0.3 is 0 Å². The number of alkyl halides is 1. The van der Waals surface area contributed by atoms with Crippen LogP contribution in [-0.4, -0.2) is 60.2 Å². The Bertz CT molecular complexity index is 1170. The van der Waals surface area contributed by atoms with Crippen LogP contribution in [0.2, 0.25) is 5.02 Å². The van der Waals surface area contributed by atoms with Crippen LogP contribution in [0.1, 0.15) is 77.7 Å². The van der Waals surface area contributed by atoms with Crippen LogP contribution in [0.5, 0.6) is 0 Å². The van der Waals surface area contributed by atoms with E-state index in [2.05, 4.69) is 35.1 Å². The van der Waals surface area contributed by atoms with E-state index in [0.717, 1.165) is 67.7 Å². The number of carbonyl (C=O) groups is 1. The Labute approximate surface area is 278 Å². The molecule has 0 radical (unpaired) electrons. The van der Waals surface area contributed by atoms with Gasteiger partial charge in [0.15, 0.2) is 5.88 Å². The number of carbonyl (C=O) groups excluding carboxylic acids is 1. The first-order valence-electron chi connectivity index (χ1n) is 16.3. The van der Waals surface area contributed by atoms with Gasteiger partial charge in [-0.25, -0.2) is 4.39 Å². The molecule has 5 unspecified atom stereocenters. The molecule has 0 saturated carbocycles. The van der Waals surface area contributed by atoms with Gasteiger partial charge in [-0.2, -0.15) is 0 Å². The van der Waals surface area contributed by atoms with Gasteiger partial charge in [0, 0.05) is 53.4 Å². The average Bonchev–Trinajstić information content (AvgIpc) is 3.00. The summed E-state index contributed by atoms with van der Waals surface area (Å²) in [5.41, 5.74) is 2.68. The quantitative estimate of drug-likeness (QED) is 0.0742. The van der Waals surface area contributed by atoms with E-state index in [4.69, 9.17) is 20.9 Å². The summed E-state index contributed by atoms with van der Waals surface area (Å²) in [5, 5.41) is 14.2. The lowest BCUT2D eigenvalue weighted by Crippen LogP contribution is -2.36. The second kappa shape index (κ2) is 20.0. The van der Waals surface area contributed by atoms with E-state index < -0.39 is 12.1 Å². The third-order valence-electron chi connectivity index (χ3n) is 8.20. The molecular formula is C35H52ClFN4O3S. The zero-order valence-electron chi connectivity index (χ0n) is 27.2. The van der Waals surface area contributed by atoms with Crippen LogP contribution < -0.4 is 21.3 Å². The van der Waals surface area contributed by atoms with Crippen molar-refractivity contribution in [1.82, 2.24) is 21.3 Å². The molecule has 5 N–H and O–H groups in total. The van der Waals surface area contributed by atoms with E-state index in [9.17, 15) is 4.79 Å². The van der Waals surface area contributed by atoms with E-state index in [0.29, 0.717) is 35.6 Å².